The zero-order valence-corrected chi connectivity index (χ0v) is 17.4. The van der Waals surface area contributed by atoms with Crippen LogP contribution in [0, 0.1) is 5.92 Å². The second kappa shape index (κ2) is 8.21. The van der Waals surface area contributed by atoms with Crippen molar-refractivity contribution in [3.63, 3.8) is 0 Å². The number of hydrogen-bond donors (Lipinski definition) is 0. The van der Waals surface area contributed by atoms with Gasteiger partial charge in [0.1, 0.15) is 5.92 Å². The van der Waals surface area contributed by atoms with E-state index in [0.717, 1.165) is 19.1 Å². The van der Waals surface area contributed by atoms with Crippen LogP contribution in [-0.2, 0) is 38.1 Å². The summed E-state index contributed by atoms with van der Waals surface area (Å²) in [4.78, 5) is 66.5. The zero-order valence-electron chi connectivity index (χ0n) is 17.4. The van der Waals surface area contributed by atoms with Crippen LogP contribution in [0.25, 0.3) is 5.70 Å². The molecule has 0 fully saturated rings. The number of ether oxygens (including phenoxy) is 4. The number of benzene rings is 1. The minimum atomic E-state index is -2.63. The minimum absolute atomic E-state index is 0.0936. The van der Waals surface area contributed by atoms with Crippen molar-refractivity contribution in [3.05, 3.63) is 41.0 Å². The van der Waals surface area contributed by atoms with Crippen molar-refractivity contribution >= 4 is 35.5 Å². The summed E-state index contributed by atoms with van der Waals surface area (Å²) in [6, 6.07) is 6.21. The van der Waals surface area contributed by atoms with Crippen molar-refractivity contribution in [2.45, 2.75) is 19.4 Å². The minimum Gasteiger partial charge on any atom is -0.468 e. The Labute approximate surface area is 177 Å². The maximum Gasteiger partial charge on any atom is 0.345 e. The third-order valence-corrected chi connectivity index (χ3v) is 5.17. The molecule has 0 saturated heterocycles. The molecule has 1 aromatic rings. The summed E-state index contributed by atoms with van der Waals surface area (Å²) in [5.41, 5.74) is -2.69. The van der Waals surface area contributed by atoms with Crippen molar-refractivity contribution in [3.8, 4) is 0 Å². The molecule has 10 heteroatoms. The van der Waals surface area contributed by atoms with Crippen molar-refractivity contribution in [2.24, 2.45) is 5.92 Å². The molecule has 2 heterocycles. The van der Waals surface area contributed by atoms with Crippen LogP contribution in [0.1, 0.15) is 29.8 Å². The molecule has 0 aliphatic carbocycles. The summed E-state index contributed by atoms with van der Waals surface area (Å²) < 4.78 is 19.9. The lowest BCUT2D eigenvalue weighted by molar-refractivity contribution is -0.178. The van der Waals surface area contributed by atoms with Gasteiger partial charge in [0.25, 0.3) is 11.4 Å². The van der Waals surface area contributed by atoms with Crippen LogP contribution in [0.5, 0.6) is 0 Å². The van der Waals surface area contributed by atoms with Gasteiger partial charge in [0, 0.05) is 11.1 Å². The van der Waals surface area contributed by atoms with E-state index >= 15 is 0 Å². The molecule has 2 aliphatic rings. The van der Waals surface area contributed by atoms with E-state index in [-0.39, 0.29) is 35.6 Å². The quantitative estimate of drug-likeness (QED) is 0.363. The molecule has 3 rings (SSSR count). The standard InChI is InChI=1S/C21H21NO9/c1-5-30-19(26)21(20(27)31-6-2)14(18(25)29-4)13(17(24)28-3)15-11-9-7-8-10-12(11)16(23)22(15)21/h7-10,14H,5-6H2,1-4H3. The summed E-state index contributed by atoms with van der Waals surface area (Å²) >= 11 is 0. The van der Waals surface area contributed by atoms with Gasteiger partial charge in [0.05, 0.1) is 38.7 Å². The highest BCUT2D eigenvalue weighted by atomic mass is 16.6. The van der Waals surface area contributed by atoms with Gasteiger partial charge in [-0.15, -0.1) is 0 Å². The highest BCUT2D eigenvalue weighted by Crippen LogP contribution is 2.53. The van der Waals surface area contributed by atoms with Gasteiger partial charge in [0.2, 0.25) is 0 Å². The molecule has 0 aromatic heterocycles. The van der Waals surface area contributed by atoms with E-state index < -0.39 is 41.2 Å². The Balaban J connectivity index is 2.46. The molecule has 31 heavy (non-hydrogen) atoms. The van der Waals surface area contributed by atoms with Gasteiger partial charge in [-0.2, -0.15) is 0 Å². The van der Waals surface area contributed by atoms with Gasteiger partial charge in [-0.25, -0.2) is 14.4 Å². The molecule has 0 saturated carbocycles. The van der Waals surface area contributed by atoms with Crippen LogP contribution in [0.4, 0.5) is 0 Å². The lowest BCUT2D eigenvalue weighted by atomic mass is 9.79. The third-order valence-electron chi connectivity index (χ3n) is 5.17. The summed E-state index contributed by atoms with van der Waals surface area (Å²) in [5, 5.41) is 0. The molecule has 1 amide bonds. The number of nitrogens with zero attached hydrogens (tertiary/aromatic N) is 1. The molecule has 1 unspecified atom stereocenters. The molecule has 1 atom stereocenters. The maximum absolute atomic E-state index is 13.4. The van der Waals surface area contributed by atoms with Crippen LogP contribution in [-0.4, -0.2) is 67.7 Å². The molecule has 0 spiro atoms. The van der Waals surface area contributed by atoms with E-state index in [9.17, 15) is 24.0 Å². The Morgan fingerprint density at radius 3 is 1.97 bits per heavy atom. The Morgan fingerprint density at radius 1 is 0.935 bits per heavy atom. The Hall–Kier alpha value is -3.69. The van der Waals surface area contributed by atoms with E-state index in [1.54, 1.807) is 12.1 Å². The fourth-order valence-electron chi connectivity index (χ4n) is 4.01. The van der Waals surface area contributed by atoms with Crippen LogP contribution in [0.3, 0.4) is 0 Å². The number of amides is 1. The summed E-state index contributed by atoms with van der Waals surface area (Å²) in [6.07, 6.45) is 0. The molecule has 164 valence electrons. The van der Waals surface area contributed by atoms with Gasteiger partial charge in [-0.05, 0) is 19.9 Å². The largest absolute Gasteiger partial charge is 0.468 e. The lowest BCUT2D eigenvalue weighted by Crippen LogP contribution is -2.64. The molecular formula is C21H21NO9. The summed E-state index contributed by atoms with van der Waals surface area (Å²) in [7, 11) is 2.11. The van der Waals surface area contributed by atoms with Gasteiger partial charge >= 0.3 is 23.9 Å². The second-order valence-corrected chi connectivity index (χ2v) is 6.60. The highest BCUT2D eigenvalue weighted by Gasteiger charge is 2.73. The number of esters is 4. The van der Waals surface area contributed by atoms with E-state index in [4.69, 9.17) is 18.9 Å². The van der Waals surface area contributed by atoms with Gasteiger partial charge in [-0.1, -0.05) is 18.2 Å². The average Bonchev–Trinajstić information content (AvgIpc) is 3.25. The average molecular weight is 431 g/mol. The first kappa shape index (κ1) is 22.0. The second-order valence-electron chi connectivity index (χ2n) is 6.60. The van der Waals surface area contributed by atoms with E-state index in [1.807, 2.05) is 0 Å². The van der Waals surface area contributed by atoms with Crippen LogP contribution < -0.4 is 0 Å². The number of rotatable bonds is 6. The molecule has 0 bridgehead atoms. The molecular weight excluding hydrogens is 410 g/mol. The third kappa shape index (κ3) is 2.89. The SMILES string of the molecule is CCOC(=O)C1(C(=O)OCC)C(C(=O)OC)C(C(=O)OC)=C2c3ccccc3C(=O)N21. The predicted octanol–water partition coefficient (Wildman–Crippen LogP) is 0.694. The van der Waals surface area contributed by atoms with Crippen molar-refractivity contribution in [2.75, 3.05) is 27.4 Å². The Kier molecular flexibility index (Phi) is 5.83. The van der Waals surface area contributed by atoms with Crippen LogP contribution in [0.15, 0.2) is 29.8 Å². The van der Waals surface area contributed by atoms with Crippen molar-refractivity contribution < 1.29 is 42.9 Å². The number of carbonyl (C=O) groups is 5. The number of hydrogen-bond acceptors (Lipinski definition) is 9. The van der Waals surface area contributed by atoms with Gasteiger partial charge < -0.3 is 18.9 Å². The highest BCUT2D eigenvalue weighted by molar-refractivity contribution is 6.26. The Morgan fingerprint density at radius 2 is 1.48 bits per heavy atom. The fourth-order valence-corrected chi connectivity index (χ4v) is 4.01. The normalized spacial score (nSPS) is 18.3. The summed E-state index contributed by atoms with van der Waals surface area (Å²) in [5.74, 6) is -7.17. The summed E-state index contributed by atoms with van der Waals surface area (Å²) in [6.45, 7) is 2.67. The monoisotopic (exact) mass is 431 g/mol. The fraction of sp³-hybridized carbons (Fsp3) is 0.381. The van der Waals surface area contributed by atoms with E-state index in [1.165, 1.54) is 26.0 Å². The van der Waals surface area contributed by atoms with E-state index in [2.05, 4.69) is 0 Å². The Bertz CT molecular complexity index is 992. The predicted molar refractivity (Wildman–Crippen MR) is 103 cm³/mol. The van der Waals surface area contributed by atoms with Crippen LogP contribution in [0.2, 0.25) is 0 Å². The smallest absolute Gasteiger partial charge is 0.345 e. The molecule has 0 radical (unpaired) electrons. The van der Waals surface area contributed by atoms with Crippen LogP contribution >= 0.6 is 0 Å². The molecule has 1 aromatic carbocycles. The number of fused-ring (bicyclic) bond motifs is 3. The molecule has 10 nitrogen and oxygen atoms in total. The zero-order chi connectivity index (χ0) is 22.9. The number of carbonyl (C=O) groups excluding carboxylic acids is 5. The van der Waals surface area contributed by atoms with Crippen molar-refractivity contribution in [1.29, 1.82) is 0 Å². The van der Waals surface area contributed by atoms with E-state index in [0.29, 0.717) is 0 Å². The lowest BCUT2D eigenvalue weighted by Gasteiger charge is -2.35. The molecule has 0 N–H and O–H groups in total. The first-order chi connectivity index (χ1) is 14.8. The molecule has 2 aliphatic heterocycles. The number of methoxy groups -OCH3 is 2. The first-order valence-electron chi connectivity index (χ1n) is 9.51. The van der Waals surface area contributed by atoms with Gasteiger partial charge in [-0.3, -0.25) is 14.5 Å². The topological polar surface area (TPSA) is 126 Å². The first-order valence-corrected chi connectivity index (χ1v) is 9.51. The van der Waals surface area contributed by atoms with Gasteiger partial charge in [0.15, 0.2) is 0 Å². The maximum atomic E-state index is 13.4. The van der Waals surface area contributed by atoms with Crippen molar-refractivity contribution in [1.82, 2.24) is 4.90 Å².